The van der Waals surface area contributed by atoms with Crippen molar-refractivity contribution in [2.24, 2.45) is 0 Å². The van der Waals surface area contributed by atoms with E-state index in [2.05, 4.69) is 52.6 Å². The molecule has 34 heavy (non-hydrogen) atoms. The van der Waals surface area contributed by atoms with Crippen LogP contribution in [-0.2, 0) is 6.54 Å². The molecule has 1 aromatic heterocycles. The van der Waals surface area contributed by atoms with Gasteiger partial charge < -0.3 is 10.1 Å². The van der Waals surface area contributed by atoms with Gasteiger partial charge in [0.2, 0.25) is 0 Å². The molecule has 1 fully saturated rings. The summed E-state index contributed by atoms with van der Waals surface area (Å²) in [5, 5.41) is 7.66. The van der Waals surface area contributed by atoms with E-state index in [1.807, 2.05) is 41.0 Å². The SMILES string of the molecule is C/C(=C\c1ccccc1)CN1CCC(n2cnn(CCNCCOc3ccccc3)c2=O)CC1. The van der Waals surface area contributed by atoms with E-state index >= 15 is 0 Å². The minimum Gasteiger partial charge on any atom is -0.492 e. The topological polar surface area (TPSA) is 64.3 Å². The maximum absolute atomic E-state index is 12.8. The molecule has 0 spiro atoms. The lowest BCUT2D eigenvalue weighted by molar-refractivity contribution is 0.197. The molecule has 180 valence electrons. The van der Waals surface area contributed by atoms with Gasteiger partial charge in [0.1, 0.15) is 18.7 Å². The van der Waals surface area contributed by atoms with Gasteiger partial charge in [0, 0.05) is 38.8 Å². The van der Waals surface area contributed by atoms with Crippen molar-refractivity contribution in [1.29, 1.82) is 0 Å². The lowest BCUT2D eigenvalue weighted by Crippen LogP contribution is -2.38. The highest BCUT2D eigenvalue weighted by Crippen LogP contribution is 2.21. The lowest BCUT2D eigenvalue weighted by Gasteiger charge is -2.32. The van der Waals surface area contributed by atoms with Gasteiger partial charge >= 0.3 is 5.69 Å². The summed E-state index contributed by atoms with van der Waals surface area (Å²) in [7, 11) is 0. The number of aromatic nitrogens is 3. The quantitative estimate of drug-likeness (QED) is 0.443. The van der Waals surface area contributed by atoms with Crippen LogP contribution in [0.15, 0.2) is 77.4 Å². The first kappa shape index (κ1) is 24.0. The van der Waals surface area contributed by atoms with Gasteiger partial charge in [-0.05, 0) is 37.5 Å². The van der Waals surface area contributed by atoms with Crippen LogP contribution in [0.2, 0.25) is 0 Å². The van der Waals surface area contributed by atoms with E-state index in [1.54, 1.807) is 11.0 Å². The zero-order valence-electron chi connectivity index (χ0n) is 20.0. The summed E-state index contributed by atoms with van der Waals surface area (Å²) in [5.74, 6) is 0.868. The predicted molar refractivity (Wildman–Crippen MR) is 136 cm³/mol. The number of para-hydroxylation sites is 1. The van der Waals surface area contributed by atoms with E-state index < -0.39 is 0 Å². The van der Waals surface area contributed by atoms with E-state index in [0.717, 1.165) is 44.8 Å². The molecule has 0 saturated carbocycles. The summed E-state index contributed by atoms with van der Waals surface area (Å²) >= 11 is 0. The van der Waals surface area contributed by atoms with Gasteiger partial charge in [-0.1, -0.05) is 60.2 Å². The van der Waals surface area contributed by atoms with Gasteiger partial charge in [-0.15, -0.1) is 0 Å². The van der Waals surface area contributed by atoms with Gasteiger partial charge in [0.15, 0.2) is 0 Å². The lowest BCUT2D eigenvalue weighted by atomic mass is 10.0. The molecule has 0 amide bonds. The van der Waals surface area contributed by atoms with Crippen molar-refractivity contribution in [3.63, 3.8) is 0 Å². The Morgan fingerprint density at radius 2 is 1.76 bits per heavy atom. The molecule has 1 aliphatic rings. The number of hydrogen-bond donors (Lipinski definition) is 1. The molecule has 2 aromatic carbocycles. The highest BCUT2D eigenvalue weighted by molar-refractivity contribution is 5.52. The number of nitrogens with one attached hydrogen (secondary N) is 1. The van der Waals surface area contributed by atoms with Crippen LogP contribution in [-0.4, -0.2) is 58.6 Å². The van der Waals surface area contributed by atoms with Crippen molar-refractivity contribution in [2.45, 2.75) is 32.4 Å². The molecule has 2 heterocycles. The number of rotatable bonds is 11. The third-order valence-electron chi connectivity index (χ3n) is 6.18. The number of ether oxygens (including phenoxy) is 1. The second kappa shape index (κ2) is 12.3. The normalized spacial score (nSPS) is 15.5. The second-order valence-electron chi connectivity index (χ2n) is 8.86. The fraction of sp³-hybridized carbons (Fsp3) is 0.407. The number of benzene rings is 2. The zero-order chi connectivity index (χ0) is 23.6. The van der Waals surface area contributed by atoms with E-state index in [-0.39, 0.29) is 11.7 Å². The molecule has 1 aliphatic heterocycles. The monoisotopic (exact) mass is 461 g/mol. The van der Waals surface area contributed by atoms with Crippen molar-refractivity contribution >= 4 is 6.08 Å². The first-order valence-corrected chi connectivity index (χ1v) is 12.2. The molecular formula is C27H35N5O2. The maximum Gasteiger partial charge on any atom is 0.346 e. The molecule has 3 aromatic rings. The van der Waals surface area contributed by atoms with E-state index in [0.29, 0.717) is 19.7 Å². The molecule has 0 atom stereocenters. The van der Waals surface area contributed by atoms with Crippen molar-refractivity contribution in [3.05, 3.63) is 88.6 Å². The Balaban J connectivity index is 1.17. The van der Waals surface area contributed by atoms with Crippen LogP contribution in [0.1, 0.15) is 31.4 Å². The van der Waals surface area contributed by atoms with Gasteiger partial charge in [-0.2, -0.15) is 5.10 Å². The molecule has 7 nitrogen and oxygen atoms in total. The van der Waals surface area contributed by atoms with Gasteiger partial charge in [-0.25, -0.2) is 9.48 Å². The Morgan fingerprint density at radius 3 is 2.50 bits per heavy atom. The third kappa shape index (κ3) is 6.92. The summed E-state index contributed by atoms with van der Waals surface area (Å²) in [6.07, 6.45) is 5.91. The van der Waals surface area contributed by atoms with Crippen LogP contribution < -0.4 is 15.7 Å². The fourth-order valence-electron chi connectivity index (χ4n) is 4.41. The Morgan fingerprint density at radius 1 is 1.06 bits per heavy atom. The number of nitrogens with zero attached hydrogens (tertiary/aromatic N) is 4. The molecule has 4 rings (SSSR count). The molecule has 0 aliphatic carbocycles. The van der Waals surface area contributed by atoms with Crippen molar-refractivity contribution in [3.8, 4) is 5.75 Å². The zero-order valence-corrected chi connectivity index (χ0v) is 20.0. The van der Waals surface area contributed by atoms with E-state index in [1.165, 1.54) is 11.1 Å². The average Bonchev–Trinajstić information content (AvgIpc) is 3.23. The number of piperidine rings is 1. The largest absolute Gasteiger partial charge is 0.492 e. The molecular weight excluding hydrogens is 426 g/mol. The first-order valence-electron chi connectivity index (χ1n) is 12.2. The summed E-state index contributed by atoms with van der Waals surface area (Å²) in [6, 6.07) is 20.4. The summed E-state index contributed by atoms with van der Waals surface area (Å²) < 4.78 is 9.05. The predicted octanol–water partition coefficient (Wildman–Crippen LogP) is 3.45. The standard InChI is InChI=1S/C27H35N5O2/c1-23(20-24-8-4-2-5-9-24)21-30-16-12-25(13-17-30)31-22-29-32(27(31)33)18-14-28-15-19-34-26-10-6-3-7-11-26/h2-11,20,22,25,28H,12-19,21H2,1H3/b23-20+. The minimum absolute atomic E-state index is 0.0130. The van der Waals surface area contributed by atoms with Crippen LogP contribution in [0, 0.1) is 0 Å². The Labute approximate surface area is 201 Å². The molecule has 1 saturated heterocycles. The minimum atomic E-state index is -0.0130. The van der Waals surface area contributed by atoms with E-state index in [9.17, 15) is 4.79 Å². The van der Waals surface area contributed by atoms with Gasteiger partial charge in [0.25, 0.3) is 0 Å². The van der Waals surface area contributed by atoms with Crippen LogP contribution in [0.3, 0.4) is 0 Å². The smallest absolute Gasteiger partial charge is 0.346 e. The maximum atomic E-state index is 12.8. The average molecular weight is 462 g/mol. The molecule has 0 bridgehead atoms. The van der Waals surface area contributed by atoms with Crippen LogP contribution in [0.5, 0.6) is 5.75 Å². The van der Waals surface area contributed by atoms with Crippen molar-refractivity contribution in [2.75, 3.05) is 39.3 Å². The van der Waals surface area contributed by atoms with Crippen LogP contribution >= 0.6 is 0 Å². The fourth-order valence-corrected chi connectivity index (χ4v) is 4.41. The van der Waals surface area contributed by atoms with E-state index in [4.69, 9.17) is 4.74 Å². The number of likely N-dealkylation sites (tertiary alicyclic amines) is 1. The highest BCUT2D eigenvalue weighted by atomic mass is 16.5. The Kier molecular flexibility index (Phi) is 8.71. The highest BCUT2D eigenvalue weighted by Gasteiger charge is 2.22. The first-order chi connectivity index (χ1) is 16.7. The van der Waals surface area contributed by atoms with Crippen molar-refractivity contribution in [1.82, 2.24) is 24.6 Å². The third-order valence-corrected chi connectivity index (χ3v) is 6.18. The van der Waals surface area contributed by atoms with Crippen LogP contribution in [0.4, 0.5) is 0 Å². The molecule has 1 N–H and O–H groups in total. The second-order valence-corrected chi connectivity index (χ2v) is 8.86. The summed E-state index contributed by atoms with van der Waals surface area (Å²) in [6.45, 7) is 7.69. The van der Waals surface area contributed by atoms with Crippen LogP contribution in [0.25, 0.3) is 6.08 Å². The molecule has 0 radical (unpaired) electrons. The summed E-state index contributed by atoms with van der Waals surface area (Å²) in [4.78, 5) is 15.3. The van der Waals surface area contributed by atoms with Gasteiger partial charge in [0.05, 0.1) is 6.54 Å². The van der Waals surface area contributed by atoms with Gasteiger partial charge in [-0.3, -0.25) is 9.47 Å². The Bertz CT molecular complexity index is 1080. The number of hydrogen-bond acceptors (Lipinski definition) is 5. The van der Waals surface area contributed by atoms with Crippen molar-refractivity contribution < 1.29 is 4.74 Å². The molecule has 0 unspecified atom stereocenters. The summed E-state index contributed by atoms with van der Waals surface area (Å²) in [5.41, 5.74) is 2.59. The molecule has 7 heteroatoms. The Hall–Kier alpha value is -3.16.